The molecule has 0 heterocycles. The number of hydrogen-bond acceptors (Lipinski definition) is 5. The maximum atomic E-state index is 11.7. The van der Waals surface area contributed by atoms with Crippen LogP contribution in [0.2, 0.25) is 0 Å². The summed E-state index contributed by atoms with van der Waals surface area (Å²) in [6.07, 6.45) is 0.260. The Bertz CT molecular complexity index is 530. The van der Waals surface area contributed by atoms with Crippen molar-refractivity contribution in [3.8, 4) is 17.2 Å². The monoisotopic (exact) mass is 236 g/mol. The molecule has 0 spiro atoms. The van der Waals surface area contributed by atoms with Gasteiger partial charge < -0.3 is 15.3 Å². The van der Waals surface area contributed by atoms with Gasteiger partial charge in [0.1, 0.15) is 5.75 Å². The highest BCUT2D eigenvalue weighted by molar-refractivity contribution is 6.17. The van der Waals surface area contributed by atoms with Gasteiger partial charge in [0, 0.05) is 18.4 Å². The number of carbonyl (C=O) groups is 2. The number of rotatable bonds is 1. The molecule has 0 saturated heterocycles. The number of carbonyl (C=O) groups excluding carboxylic acids is 2. The van der Waals surface area contributed by atoms with E-state index in [9.17, 15) is 24.9 Å². The second-order valence-corrected chi connectivity index (χ2v) is 3.97. The summed E-state index contributed by atoms with van der Waals surface area (Å²) in [4.78, 5) is 23.3. The third-order valence-electron chi connectivity index (χ3n) is 3.01. The van der Waals surface area contributed by atoms with E-state index in [-0.39, 0.29) is 41.7 Å². The van der Waals surface area contributed by atoms with Crippen molar-refractivity contribution in [3.63, 3.8) is 0 Å². The molecule has 5 nitrogen and oxygen atoms in total. The summed E-state index contributed by atoms with van der Waals surface area (Å²) in [5.74, 6) is -2.34. The molecule has 0 atom stereocenters. The predicted molar refractivity (Wildman–Crippen MR) is 58.7 cm³/mol. The van der Waals surface area contributed by atoms with Gasteiger partial charge in [0.2, 0.25) is 0 Å². The molecule has 0 aliphatic heterocycles. The van der Waals surface area contributed by atoms with Gasteiger partial charge in [-0.15, -0.1) is 0 Å². The Morgan fingerprint density at radius 1 is 0.882 bits per heavy atom. The molecule has 0 fully saturated rings. The van der Waals surface area contributed by atoms with E-state index >= 15 is 0 Å². The van der Waals surface area contributed by atoms with Gasteiger partial charge in [-0.2, -0.15) is 0 Å². The topological polar surface area (TPSA) is 94.8 Å². The number of aromatic hydroxyl groups is 3. The molecule has 1 aliphatic carbocycles. The molecule has 1 aromatic rings. The SMILES string of the molecule is CCc1c(O)c(O)c2c(c1O)C(=O)CCC2=O. The van der Waals surface area contributed by atoms with E-state index in [1.54, 1.807) is 6.92 Å². The minimum Gasteiger partial charge on any atom is -0.507 e. The van der Waals surface area contributed by atoms with Gasteiger partial charge in [-0.3, -0.25) is 9.59 Å². The average Bonchev–Trinajstić information content (AvgIpc) is 2.30. The lowest BCUT2D eigenvalue weighted by atomic mass is 9.85. The van der Waals surface area contributed by atoms with Crippen molar-refractivity contribution in [2.75, 3.05) is 0 Å². The first kappa shape index (κ1) is 11.4. The van der Waals surface area contributed by atoms with Gasteiger partial charge >= 0.3 is 0 Å². The quantitative estimate of drug-likeness (QED) is 0.507. The van der Waals surface area contributed by atoms with Gasteiger partial charge in [0.25, 0.3) is 0 Å². The number of benzene rings is 1. The summed E-state index contributed by atoms with van der Waals surface area (Å²) in [6.45, 7) is 1.66. The van der Waals surface area contributed by atoms with Crippen molar-refractivity contribution in [2.45, 2.75) is 26.2 Å². The fourth-order valence-corrected chi connectivity index (χ4v) is 2.12. The van der Waals surface area contributed by atoms with E-state index in [1.807, 2.05) is 0 Å². The van der Waals surface area contributed by atoms with Crippen molar-refractivity contribution in [3.05, 3.63) is 16.7 Å². The molecule has 5 heteroatoms. The third-order valence-corrected chi connectivity index (χ3v) is 3.01. The number of Topliss-reactive ketones (excluding diaryl/α,β-unsaturated/α-hetero) is 2. The molecule has 3 N–H and O–H groups in total. The van der Waals surface area contributed by atoms with Gasteiger partial charge in [-0.05, 0) is 6.42 Å². The molecule has 90 valence electrons. The number of phenols is 3. The van der Waals surface area contributed by atoms with E-state index in [0.29, 0.717) is 0 Å². The van der Waals surface area contributed by atoms with Crippen LogP contribution in [0, 0.1) is 0 Å². The third kappa shape index (κ3) is 1.46. The fraction of sp³-hybridized carbons (Fsp3) is 0.333. The molecule has 0 saturated carbocycles. The van der Waals surface area contributed by atoms with Gasteiger partial charge in [0.15, 0.2) is 23.1 Å². The highest BCUT2D eigenvalue weighted by Crippen LogP contribution is 2.45. The molecular weight excluding hydrogens is 224 g/mol. The van der Waals surface area contributed by atoms with Crippen LogP contribution in [-0.4, -0.2) is 26.9 Å². The Labute approximate surface area is 97.3 Å². The summed E-state index contributed by atoms with van der Waals surface area (Å²) in [5, 5.41) is 29.3. The van der Waals surface area contributed by atoms with Crippen LogP contribution in [0.1, 0.15) is 46.0 Å². The molecule has 0 aromatic heterocycles. The maximum absolute atomic E-state index is 11.7. The van der Waals surface area contributed by atoms with Crippen LogP contribution in [0.25, 0.3) is 0 Å². The number of phenolic OH excluding ortho intramolecular Hbond substituents is 3. The molecule has 1 aliphatic rings. The molecule has 17 heavy (non-hydrogen) atoms. The Balaban J connectivity index is 2.87. The zero-order valence-corrected chi connectivity index (χ0v) is 9.28. The van der Waals surface area contributed by atoms with Crippen molar-refractivity contribution >= 4 is 11.6 Å². The molecular formula is C12H12O5. The largest absolute Gasteiger partial charge is 0.507 e. The molecule has 0 radical (unpaired) electrons. The summed E-state index contributed by atoms with van der Waals surface area (Å²) in [7, 11) is 0. The lowest BCUT2D eigenvalue weighted by molar-refractivity contribution is 0.0884. The minimum absolute atomic E-state index is 0.0102. The van der Waals surface area contributed by atoms with E-state index in [1.165, 1.54) is 0 Å². The standard InChI is InChI=1S/C12H12O5/c1-2-5-10(15)8-6(13)3-4-7(14)9(8)12(17)11(5)16/h15-17H,2-4H2,1H3. The fourth-order valence-electron chi connectivity index (χ4n) is 2.12. The van der Waals surface area contributed by atoms with Crippen LogP contribution < -0.4 is 0 Å². The smallest absolute Gasteiger partial charge is 0.169 e. The molecule has 2 rings (SSSR count). The summed E-state index contributed by atoms with van der Waals surface area (Å²) in [5.41, 5.74) is -0.328. The first-order chi connectivity index (χ1) is 7.99. The average molecular weight is 236 g/mol. The molecule has 0 amide bonds. The Kier molecular flexibility index (Phi) is 2.53. The summed E-state index contributed by atoms with van der Waals surface area (Å²) >= 11 is 0. The molecule has 0 bridgehead atoms. The summed E-state index contributed by atoms with van der Waals surface area (Å²) < 4.78 is 0. The second kappa shape index (κ2) is 3.76. The first-order valence-electron chi connectivity index (χ1n) is 5.35. The van der Waals surface area contributed by atoms with Gasteiger partial charge in [-0.1, -0.05) is 6.92 Å². The van der Waals surface area contributed by atoms with Crippen molar-refractivity contribution in [2.24, 2.45) is 0 Å². The number of hydrogen-bond donors (Lipinski definition) is 3. The molecule has 1 aromatic carbocycles. The van der Waals surface area contributed by atoms with E-state index < -0.39 is 23.0 Å². The summed E-state index contributed by atoms with van der Waals surface area (Å²) in [6, 6.07) is 0. The van der Waals surface area contributed by atoms with E-state index in [0.717, 1.165) is 0 Å². The van der Waals surface area contributed by atoms with Crippen LogP contribution in [0.15, 0.2) is 0 Å². The number of ketones is 2. The van der Waals surface area contributed by atoms with Crippen LogP contribution in [0.3, 0.4) is 0 Å². The predicted octanol–water partition coefficient (Wildman–Crippen LogP) is 1.52. The van der Waals surface area contributed by atoms with Crippen LogP contribution in [0.4, 0.5) is 0 Å². The van der Waals surface area contributed by atoms with Crippen molar-refractivity contribution in [1.82, 2.24) is 0 Å². The van der Waals surface area contributed by atoms with Gasteiger partial charge in [0.05, 0.1) is 11.1 Å². The maximum Gasteiger partial charge on any atom is 0.169 e. The Hall–Kier alpha value is -2.04. The molecule has 0 unspecified atom stereocenters. The minimum atomic E-state index is -0.604. The Morgan fingerprint density at radius 2 is 1.35 bits per heavy atom. The van der Waals surface area contributed by atoms with Crippen LogP contribution >= 0.6 is 0 Å². The van der Waals surface area contributed by atoms with Gasteiger partial charge in [-0.25, -0.2) is 0 Å². The zero-order valence-electron chi connectivity index (χ0n) is 9.28. The zero-order chi connectivity index (χ0) is 12.7. The first-order valence-corrected chi connectivity index (χ1v) is 5.35. The van der Waals surface area contributed by atoms with E-state index in [2.05, 4.69) is 0 Å². The van der Waals surface area contributed by atoms with Crippen LogP contribution in [0.5, 0.6) is 17.2 Å². The van der Waals surface area contributed by atoms with Crippen LogP contribution in [-0.2, 0) is 6.42 Å². The Morgan fingerprint density at radius 3 is 1.82 bits per heavy atom. The normalized spacial score (nSPS) is 14.9. The highest BCUT2D eigenvalue weighted by atomic mass is 16.3. The lowest BCUT2D eigenvalue weighted by Crippen LogP contribution is -2.18. The lowest BCUT2D eigenvalue weighted by Gasteiger charge is -2.19. The second-order valence-electron chi connectivity index (χ2n) is 3.97. The van der Waals surface area contributed by atoms with E-state index in [4.69, 9.17) is 0 Å². The van der Waals surface area contributed by atoms with Crippen molar-refractivity contribution in [1.29, 1.82) is 0 Å². The van der Waals surface area contributed by atoms with Crippen molar-refractivity contribution < 1.29 is 24.9 Å². The number of fused-ring (bicyclic) bond motifs is 1. The highest BCUT2D eigenvalue weighted by Gasteiger charge is 2.33.